The van der Waals surface area contributed by atoms with Crippen molar-refractivity contribution in [3.8, 4) is 0 Å². The van der Waals surface area contributed by atoms with E-state index in [1.165, 1.54) is 5.69 Å². The molecular weight excluding hydrogens is 322 g/mol. The van der Waals surface area contributed by atoms with Crippen LogP contribution in [0.3, 0.4) is 0 Å². The molecule has 2 atom stereocenters. The lowest BCUT2D eigenvalue weighted by Gasteiger charge is -2.36. The summed E-state index contributed by atoms with van der Waals surface area (Å²) in [6, 6.07) is 12.1. The van der Waals surface area contributed by atoms with Crippen molar-refractivity contribution in [2.45, 2.75) is 32.6 Å². The average Bonchev–Trinajstić information content (AvgIpc) is 3.06. The number of morpholine rings is 1. The van der Waals surface area contributed by atoms with Crippen LogP contribution >= 0.6 is 12.2 Å². The van der Waals surface area contributed by atoms with Crippen LogP contribution in [-0.2, 0) is 11.3 Å². The van der Waals surface area contributed by atoms with E-state index < -0.39 is 0 Å². The molecule has 24 heavy (non-hydrogen) atoms. The lowest BCUT2D eigenvalue weighted by atomic mass is 10.2. The van der Waals surface area contributed by atoms with E-state index in [0.29, 0.717) is 11.7 Å². The molecule has 0 unspecified atom stereocenters. The fourth-order valence-electron chi connectivity index (χ4n) is 2.90. The molecule has 1 saturated heterocycles. The second-order valence-corrected chi connectivity index (χ2v) is 6.50. The van der Waals surface area contributed by atoms with Gasteiger partial charge >= 0.3 is 0 Å². The predicted octanol–water partition coefficient (Wildman–Crippen LogP) is 3.38. The zero-order chi connectivity index (χ0) is 16.9. The normalized spacial score (nSPS) is 20.7. The number of furan rings is 1. The largest absolute Gasteiger partial charge is 0.467 e. The first kappa shape index (κ1) is 16.8. The Labute approximate surface area is 148 Å². The quantitative estimate of drug-likeness (QED) is 0.829. The molecule has 0 saturated carbocycles. The Hall–Kier alpha value is -2.05. The standard InChI is InChI=1S/C18H23N3O2S/c1-13-11-21(12-14(2)23-13)16-7-5-15(6-8-16)20-18(24)19-10-17-4-3-9-22-17/h3-9,13-14H,10-12H2,1-2H3,(H2,19,20,24)/t13-,14-/m1/s1. The molecule has 1 fully saturated rings. The summed E-state index contributed by atoms with van der Waals surface area (Å²) in [4.78, 5) is 2.36. The van der Waals surface area contributed by atoms with Gasteiger partial charge in [0, 0.05) is 24.5 Å². The van der Waals surface area contributed by atoms with Gasteiger partial charge in [0.05, 0.1) is 25.0 Å². The maximum atomic E-state index is 5.78. The van der Waals surface area contributed by atoms with Gasteiger partial charge in [-0.1, -0.05) is 0 Å². The second kappa shape index (κ2) is 7.68. The van der Waals surface area contributed by atoms with Crippen molar-refractivity contribution in [2.24, 2.45) is 0 Å². The first-order valence-corrected chi connectivity index (χ1v) is 8.58. The van der Waals surface area contributed by atoms with E-state index in [4.69, 9.17) is 21.4 Å². The maximum Gasteiger partial charge on any atom is 0.171 e. The van der Waals surface area contributed by atoms with Gasteiger partial charge in [-0.25, -0.2) is 0 Å². The molecule has 1 aliphatic heterocycles. The van der Waals surface area contributed by atoms with E-state index >= 15 is 0 Å². The number of rotatable bonds is 4. The third kappa shape index (κ3) is 4.49. The van der Waals surface area contributed by atoms with Gasteiger partial charge in [-0.15, -0.1) is 0 Å². The van der Waals surface area contributed by atoms with Crippen molar-refractivity contribution in [3.05, 3.63) is 48.4 Å². The molecule has 0 aliphatic carbocycles. The number of nitrogens with zero attached hydrogens (tertiary/aromatic N) is 1. The van der Waals surface area contributed by atoms with Gasteiger partial charge in [-0.2, -0.15) is 0 Å². The van der Waals surface area contributed by atoms with Crippen LogP contribution in [0.1, 0.15) is 19.6 Å². The Bertz CT molecular complexity index is 647. The topological polar surface area (TPSA) is 49.7 Å². The number of hydrogen-bond donors (Lipinski definition) is 2. The monoisotopic (exact) mass is 345 g/mol. The molecule has 1 aromatic carbocycles. The van der Waals surface area contributed by atoms with Crippen molar-refractivity contribution < 1.29 is 9.15 Å². The van der Waals surface area contributed by atoms with Crippen molar-refractivity contribution in [3.63, 3.8) is 0 Å². The van der Waals surface area contributed by atoms with Crippen LogP contribution < -0.4 is 15.5 Å². The molecule has 0 amide bonds. The van der Waals surface area contributed by atoms with Crippen LogP contribution in [0.4, 0.5) is 11.4 Å². The maximum absolute atomic E-state index is 5.78. The molecule has 0 spiro atoms. The summed E-state index contributed by atoms with van der Waals surface area (Å²) in [5.74, 6) is 0.852. The Kier molecular flexibility index (Phi) is 5.37. The number of nitrogens with one attached hydrogen (secondary N) is 2. The molecule has 0 radical (unpaired) electrons. The Morgan fingerprint density at radius 1 is 1.17 bits per heavy atom. The number of anilines is 2. The van der Waals surface area contributed by atoms with Gasteiger partial charge in [-0.3, -0.25) is 0 Å². The third-order valence-corrected chi connectivity index (χ3v) is 4.16. The second-order valence-electron chi connectivity index (χ2n) is 6.10. The molecule has 0 bridgehead atoms. The predicted molar refractivity (Wildman–Crippen MR) is 100 cm³/mol. The molecule has 2 N–H and O–H groups in total. The Morgan fingerprint density at radius 2 is 1.88 bits per heavy atom. The van der Waals surface area contributed by atoms with E-state index in [1.54, 1.807) is 6.26 Å². The smallest absolute Gasteiger partial charge is 0.171 e. The zero-order valence-corrected chi connectivity index (χ0v) is 14.8. The summed E-state index contributed by atoms with van der Waals surface area (Å²) in [5.41, 5.74) is 2.17. The van der Waals surface area contributed by atoms with E-state index in [1.807, 2.05) is 24.3 Å². The summed E-state index contributed by atoms with van der Waals surface area (Å²) in [7, 11) is 0. The summed E-state index contributed by atoms with van der Waals surface area (Å²) in [6.45, 7) is 6.63. The molecule has 2 aromatic rings. The van der Waals surface area contributed by atoms with Crippen LogP contribution in [0, 0.1) is 0 Å². The Morgan fingerprint density at radius 3 is 2.50 bits per heavy atom. The minimum absolute atomic E-state index is 0.255. The molecule has 2 heterocycles. The highest BCUT2D eigenvalue weighted by atomic mass is 32.1. The van der Waals surface area contributed by atoms with Gasteiger partial charge in [0.25, 0.3) is 0 Å². The van der Waals surface area contributed by atoms with E-state index in [9.17, 15) is 0 Å². The molecule has 3 rings (SSSR count). The zero-order valence-electron chi connectivity index (χ0n) is 14.0. The van der Waals surface area contributed by atoms with Gasteiger partial charge in [0.1, 0.15) is 5.76 Å². The van der Waals surface area contributed by atoms with Crippen molar-refractivity contribution >= 4 is 28.7 Å². The highest BCUT2D eigenvalue weighted by Gasteiger charge is 2.22. The Balaban J connectivity index is 1.53. The molecule has 1 aromatic heterocycles. The lowest BCUT2D eigenvalue weighted by molar-refractivity contribution is -0.00521. The average molecular weight is 345 g/mol. The van der Waals surface area contributed by atoms with Crippen LogP contribution in [0.25, 0.3) is 0 Å². The number of hydrogen-bond acceptors (Lipinski definition) is 4. The summed E-state index contributed by atoms with van der Waals surface area (Å²) in [6.07, 6.45) is 2.16. The third-order valence-electron chi connectivity index (χ3n) is 3.91. The van der Waals surface area contributed by atoms with Crippen LogP contribution in [-0.4, -0.2) is 30.4 Å². The summed E-state index contributed by atoms with van der Waals surface area (Å²) >= 11 is 5.31. The van der Waals surface area contributed by atoms with Crippen molar-refractivity contribution in [1.82, 2.24) is 5.32 Å². The van der Waals surface area contributed by atoms with Crippen LogP contribution in [0.2, 0.25) is 0 Å². The SMILES string of the molecule is C[C@@H]1CN(c2ccc(NC(=S)NCc3ccco3)cc2)C[C@@H](C)O1. The molecule has 6 heteroatoms. The fourth-order valence-corrected chi connectivity index (χ4v) is 3.09. The van der Waals surface area contributed by atoms with Gasteiger partial charge < -0.3 is 24.7 Å². The van der Waals surface area contributed by atoms with E-state index in [-0.39, 0.29) is 12.2 Å². The van der Waals surface area contributed by atoms with Gasteiger partial charge in [0.15, 0.2) is 5.11 Å². The van der Waals surface area contributed by atoms with Crippen molar-refractivity contribution in [2.75, 3.05) is 23.3 Å². The summed E-state index contributed by atoms with van der Waals surface area (Å²) in [5, 5.41) is 6.89. The van der Waals surface area contributed by atoms with Gasteiger partial charge in [-0.05, 0) is 62.5 Å². The molecule has 1 aliphatic rings. The summed E-state index contributed by atoms with van der Waals surface area (Å²) < 4.78 is 11.1. The van der Waals surface area contributed by atoms with E-state index in [0.717, 1.165) is 24.5 Å². The highest BCUT2D eigenvalue weighted by Crippen LogP contribution is 2.22. The molecular formula is C18H23N3O2S. The first-order chi connectivity index (χ1) is 11.6. The van der Waals surface area contributed by atoms with Gasteiger partial charge in [0.2, 0.25) is 0 Å². The number of ether oxygens (including phenoxy) is 1. The van der Waals surface area contributed by atoms with E-state index in [2.05, 4.69) is 41.5 Å². The van der Waals surface area contributed by atoms with Crippen LogP contribution in [0.15, 0.2) is 47.1 Å². The fraction of sp³-hybridized carbons (Fsp3) is 0.389. The van der Waals surface area contributed by atoms with Crippen molar-refractivity contribution in [1.29, 1.82) is 0 Å². The number of benzene rings is 1. The molecule has 5 nitrogen and oxygen atoms in total. The highest BCUT2D eigenvalue weighted by molar-refractivity contribution is 7.80. The minimum atomic E-state index is 0.255. The molecule has 128 valence electrons. The van der Waals surface area contributed by atoms with Crippen LogP contribution in [0.5, 0.6) is 0 Å². The number of thiocarbonyl (C=S) groups is 1. The lowest BCUT2D eigenvalue weighted by Crippen LogP contribution is -2.45. The first-order valence-electron chi connectivity index (χ1n) is 8.18. The minimum Gasteiger partial charge on any atom is -0.467 e.